The predicted molar refractivity (Wildman–Crippen MR) is 134 cm³/mol. The van der Waals surface area contributed by atoms with E-state index in [0.29, 0.717) is 22.4 Å². The van der Waals surface area contributed by atoms with Gasteiger partial charge in [0, 0.05) is 49.5 Å². The number of carbonyl (C=O) groups excluding carboxylic acids is 1. The highest BCUT2D eigenvalue weighted by atomic mass is 35.5. The zero-order valence-electron chi connectivity index (χ0n) is 18.6. The summed E-state index contributed by atoms with van der Waals surface area (Å²) >= 11 is 6.46. The van der Waals surface area contributed by atoms with Crippen LogP contribution in [0.25, 0.3) is 16.7 Å². The summed E-state index contributed by atoms with van der Waals surface area (Å²) in [6.07, 6.45) is 3.17. The lowest BCUT2D eigenvalue weighted by Gasteiger charge is -2.30. The number of benzene rings is 2. The molecule has 4 aromatic rings. The first-order valence-corrected chi connectivity index (χ1v) is 11.3. The van der Waals surface area contributed by atoms with Crippen LogP contribution in [0.1, 0.15) is 10.4 Å². The van der Waals surface area contributed by atoms with Gasteiger partial charge in [0.2, 0.25) is 5.95 Å². The predicted octanol–water partition coefficient (Wildman–Crippen LogP) is 3.33. The van der Waals surface area contributed by atoms with E-state index < -0.39 is 5.91 Å². The maximum Gasteiger partial charge on any atom is 0.250 e. The van der Waals surface area contributed by atoms with E-state index in [0.717, 1.165) is 54.2 Å². The van der Waals surface area contributed by atoms with E-state index in [9.17, 15) is 4.79 Å². The Morgan fingerprint density at radius 1 is 1.21 bits per heavy atom. The average molecular weight is 478 g/mol. The van der Waals surface area contributed by atoms with Gasteiger partial charge in [-0.25, -0.2) is 4.98 Å². The number of nitrogens with two attached hydrogens (primary N) is 1. The van der Waals surface area contributed by atoms with Crippen LogP contribution in [-0.2, 0) is 0 Å². The molecular weight excluding hydrogens is 454 g/mol. The SMILES string of the molecule is COc1cc(Nc2ncc(Cl)c(-n3cc(C(N)=O)c4ccccc43)n2)ccc1N1CCNCC1. The molecule has 34 heavy (non-hydrogen) atoms. The molecule has 1 fully saturated rings. The molecule has 1 aliphatic rings. The molecule has 2 aromatic heterocycles. The number of hydrogen-bond acceptors (Lipinski definition) is 7. The summed E-state index contributed by atoms with van der Waals surface area (Å²) in [7, 11) is 1.66. The van der Waals surface area contributed by atoms with E-state index in [4.69, 9.17) is 22.1 Å². The smallest absolute Gasteiger partial charge is 0.250 e. The molecule has 0 unspecified atom stereocenters. The second-order valence-corrected chi connectivity index (χ2v) is 8.32. The first-order chi connectivity index (χ1) is 16.5. The van der Waals surface area contributed by atoms with Crippen molar-refractivity contribution < 1.29 is 9.53 Å². The first-order valence-electron chi connectivity index (χ1n) is 10.9. The Balaban J connectivity index is 1.49. The normalized spacial score (nSPS) is 13.8. The van der Waals surface area contributed by atoms with Crippen molar-refractivity contribution in [1.29, 1.82) is 0 Å². The number of para-hydroxylation sites is 1. The van der Waals surface area contributed by atoms with Gasteiger partial charge in [0.15, 0.2) is 5.82 Å². The molecule has 174 valence electrons. The molecule has 0 aliphatic carbocycles. The molecule has 0 saturated carbocycles. The van der Waals surface area contributed by atoms with Crippen molar-refractivity contribution in [1.82, 2.24) is 19.9 Å². The Morgan fingerprint density at radius 3 is 2.76 bits per heavy atom. The number of nitrogens with zero attached hydrogens (tertiary/aromatic N) is 4. The Bertz CT molecular complexity index is 1360. The van der Waals surface area contributed by atoms with Gasteiger partial charge in [-0.1, -0.05) is 29.8 Å². The zero-order chi connectivity index (χ0) is 23.7. The number of ether oxygens (including phenoxy) is 1. The van der Waals surface area contributed by atoms with Gasteiger partial charge < -0.3 is 26.0 Å². The molecule has 5 rings (SSSR count). The molecule has 0 bridgehead atoms. The van der Waals surface area contributed by atoms with Crippen LogP contribution in [0.4, 0.5) is 17.3 Å². The van der Waals surface area contributed by atoms with Crippen molar-refractivity contribution in [2.24, 2.45) is 5.73 Å². The highest BCUT2D eigenvalue weighted by Crippen LogP contribution is 2.33. The molecule has 4 N–H and O–H groups in total. The number of carbonyl (C=O) groups is 1. The van der Waals surface area contributed by atoms with Crippen molar-refractivity contribution in [3.63, 3.8) is 0 Å². The maximum absolute atomic E-state index is 12.0. The molecule has 3 heterocycles. The second kappa shape index (κ2) is 9.20. The van der Waals surface area contributed by atoms with E-state index >= 15 is 0 Å². The van der Waals surface area contributed by atoms with E-state index in [2.05, 4.69) is 25.5 Å². The summed E-state index contributed by atoms with van der Waals surface area (Å²) in [4.78, 5) is 23.2. The van der Waals surface area contributed by atoms with Crippen LogP contribution in [0.2, 0.25) is 5.02 Å². The number of nitrogens with one attached hydrogen (secondary N) is 2. The van der Waals surface area contributed by atoms with E-state index in [1.807, 2.05) is 42.5 Å². The number of amides is 1. The zero-order valence-corrected chi connectivity index (χ0v) is 19.3. The molecule has 10 heteroatoms. The highest BCUT2D eigenvalue weighted by molar-refractivity contribution is 6.32. The summed E-state index contributed by atoms with van der Waals surface area (Å²) < 4.78 is 7.40. The van der Waals surface area contributed by atoms with Crippen molar-refractivity contribution in [3.05, 3.63) is 65.4 Å². The summed E-state index contributed by atoms with van der Waals surface area (Å²) in [5.74, 6) is 1.04. The summed E-state index contributed by atoms with van der Waals surface area (Å²) in [5, 5.41) is 7.66. The lowest BCUT2D eigenvalue weighted by Crippen LogP contribution is -2.43. The molecule has 1 aliphatic heterocycles. The third-order valence-corrected chi connectivity index (χ3v) is 6.09. The van der Waals surface area contributed by atoms with E-state index in [1.165, 1.54) is 6.20 Å². The van der Waals surface area contributed by atoms with Crippen LogP contribution in [-0.4, -0.2) is 53.7 Å². The van der Waals surface area contributed by atoms with Gasteiger partial charge in [-0.15, -0.1) is 0 Å². The largest absolute Gasteiger partial charge is 0.495 e. The minimum Gasteiger partial charge on any atom is -0.495 e. The Morgan fingerprint density at radius 2 is 2.00 bits per heavy atom. The molecule has 0 radical (unpaired) electrons. The van der Waals surface area contributed by atoms with Gasteiger partial charge in [-0.3, -0.25) is 9.36 Å². The number of primary amides is 1. The van der Waals surface area contributed by atoms with Crippen LogP contribution in [0, 0.1) is 0 Å². The molecule has 9 nitrogen and oxygen atoms in total. The van der Waals surface area contributed by atoms with Gasteiger partial charge in [0.1, 0.15) is 10.8 Å². The molecule has 1 amide bonds. The Labute approximate surface area is 201 Å². The fourth-order valence-electron chi connectivity index (χ4n) is 4.19. The standard InChI is InChI=1S/C24H24ClN7O2/c1-34-21-12-15(6-7-20(21)31-10-8-27-9-11-31)29-24-28-13-18(25)23(30-24)32-14-17(22(26)33)16-4-2-3-5-19(16)32/h2-7,12-14,27H,8-11H2,1H3,(H2,26,33)(H,28,29,30). The third kappa shape index (κ3) is 4.11. The fourth-order valence-corrected chi connectivity index (χ4v) is 4.37. The number of halogens is 1. The lowest BCUT2D eigenvalue weighted by atomic mass is 10.2. The minimum absolute atomic E-state index is 0.342. The highest BCUT2D eigenvalue weighted by Gasteiger charge is 2.18. The van der Waals surface area contributed by atoms with Gasteiger partial charge in [-0.2, -0.15) is 4.98 Å². The van der Waals surface area contributed by atoms with Crippen LogP contribution in [0.3, 0.4) is 0 Å². The molecule has 0 spiro atoms. The summed E-state index contributed by atoms with van der Waals surface area (Å²) in [6.45, 7) is 3.72. The van der Waals surface area contributed by atoms with Crippen LogP contribution in [0.5, 0.6) is 5.75 Å². The number of piperazine rings is 1. The van der Waals surface area contributed by atoms with Gasteiger partial charge in [-0.05, 0) is 18.2 Å². The lowest BCUT2D eigenvalue weighted by molar-refractivity contribution is 0.100. The number of aromatic nitrogens is 3. The fraction of sp³-hybridized carbons (Fsp3) is 0.208. The third-order valence-electron chi connectivity index (χ3n) is 5.82. The van der Waals surface area contributed by atoms with Gasteiger partial charge >= 0.3 is 0 Å². The average Bonchev–Trinajstić information content (AvgIpc) is 3.25. The van der Waals surface area contributed by atoms with E-state index in [1.54, 1.807) is 17.9 Å². The number of anilines is 3. The molecule has 0 atom stereocenters. The van der Waals surface area contributed by atoms with Crippen molar-refractivity contribution in [3.8, 4) is 11.6 Å². The van der Waals surface area contributed by atoms with E-state index in [-0.39, 0.29) is 0 Å². The number of hydrogen-bond donors (Lipinski definition) is 3. The quantitative estimate of drug-likeness (QED) is 0.390. The first kappa shape index (κ1) is 22.0. The topological polar surface area (TPSA) is 110 Å². The Hall–Kier alpha value is -3.82. The molecule has 1 saturated heterocycles. The number of methoxy groups -OCH3 is 1. The van der Waals surface area contributed by atoms with Gasteiger partial charge in [0.25, 0.3) is 5.91 Å². The van der Waals surface area contributed by atoms with Crippen molar-refractivity contribution >= 4 is 45.7 Å². The van der Waals surface area contributed by atoms with Crippen molar-refractivity contribution in [2.45, 2.75) is 0 Å². The van der Waals surface area contributed by atoms with Crippen LogP contribution >= 0.6 is 11.6 Å². The van der Waals surface area contributed by atoms with Crippen LogP contribution < -0.4 is 26.0 Å². The van der Waals surface area contributed by atoms with Gasteiger partial charge in [0.05, 0.1) is 30.1 Å². The number of fused-ring (bicyclic) bond motifs is 1. The maximum atomic E-state index is 12.0. The minimum atomic E-state index is -0.518. The molecule has 2 aromatic carbocycles. The van der Waals surface area contributed by atoms with Crippen molar-refractivity contribution in [2.75, 3.05) is 43.5 Å². The summed E-state index contributed by atoms with van der Waals surface area (Å²) in [5.41, 5.74) is 8.57. The van der Waals surface area contributed by atoms with Crippen LogP contribution in [0.15, 0.2) is 54.9 Å². The number of rotatable bonds is 6. The second-order valence-electron chi connectivity index (χ2n) is 7.91. The summed E-state index contributed by atoms with van der Waals surface area (Å²) in [6, 6.07) is 13.4. The molecular formula is C24H24ClN7O2. The monoisotopic (exact) mass is 477 g/mol. The Kier molecular flexibility index (Phi) is 5.95.